The predicted molar refractivity (Wildman–Crippen MR) is 101 cm³/mol. The van der Waals surface area contributed by atoms with Crippen molar-refractivity contribution in [2.24, 2.45) is 5.41 Å². The third-order valence-electron chi connectivity index (χ3n) is 3.22. The van der Waals surface area contributed by atoms with Gasteiger partial charge in [-0.2, -0.15) is 0 Å². The summed E-state index contributed by atoms with van der Waals surface area (Å²) in [5.41, 5.74) is 9.70. The highest BCUT2D eigenvalue weighted by Gasteiger charge is 2.19. The maximum atomic E-state index is 3.49. The highest BCUT2D eigenvalue weighted by molar-refractivity contribution is 6.84. The second kappa shape index (κ2) is 6.43. The zero-order valence-electron chi connectivity index (χ0n) is 15.1. The average Bonchev–Trinajstić information content (AvgIpc) is 2.27. The lowest BCUT2D eigenvalue weighted by Crippen LogP contribution is -2.17. The quantitative estimate of drug-likeness (QED) is 0.413. The standard InChI is InChI=1S/C19H30Si2/c1-19(2)13-9-17(10-14-19)18(11-15-20(3,4)5)12-16-21(6,7)8/h9,13H,10,14H2,1-8H3. The van der Waals surface area contributed by atoms with Crippen LogP contribution in [0.15, 0.2) is 23.3 Å². The second-order valence-electron chi connectivity index (χ2n) is 8.72. The summed E-state index contributed by atoms with van der Waals surface area (Å²) < 4.78 is 0. The fourth-order valence-corrected chi connectivity index (χ4v) is 2.85. The number of hydrogen-bond donors (Lipinski definition) is 0. The van der Waals surface area contributed by atoms with Crippen molar-refractivity contribution in [3.05, 3.63) is 23.3 Å². The van der Waals surface area contributed by atoms with Gasteiger partial charge < -0.3 is 0 Å². The van der Waals surface area contributed by atoms with Crippen LogP contribution in [0.1, 0.15) is 26.7 Å². The fourth-order valence-electron chi connectivity index (χ4n) is 1.85. The van der Waals surface area contributed by atoms with Crippen molar-refractivity contribution in [1.82, 2.24) is 0 Å². The van der Waals surface area contributed by atoms with Gasteiger partial charge in [0.2, 0.25) is 0 Å². The predicted octanol–water partition coefficient (Wildman–Crippen LogP) is 5.42. The average molecular weight is 315 g/mol. The summed E-state index contributed by atoms with van der Waals surface area (Å²) >= 11 is 0. The summed E-state index contributed by atoms with van der Waals surface area (Å²) in [7, 11) is -2.73. The first-order valence-corrected chi connectivity index (χ1v) is 14.9. The smallest absolute Gasteiger partial charge is 0.126 e. The first-order valence-electron chi connectivity index (χ1n) is 7.87. The molecule has 0 unspecified atom stereocenters. The van der Waals surface area contributed by atoms with E-state index in [0.717, 1.165) is 12.0 Å². The van der Waals surface area contributed by atoms with Crippen LogP contribution in [0.25, 0.3) is 0 Å². The lowest BCUT2D eigenvalue weighted by Gasteiger charge is -2.25. The topological polar surface area (TPSA) is 0 Å². The SMILES string of the molecule is CC1(C)C=CC(=C(C#C[Si](C)(C)C)C#C[Si](C)(C)C)CC1. The van der Waals surface area contributed by atoms with Crippen molar-refractivity contribution in [3.8, 4) is 22.9 Å². The van der Waals surface area contributed by atoms with Crippen LogP contribution >= 0.6 is 0 Å². The van der Waals surface area contributed by atoms with Crippen molar-refractivity contribution >= 4 is 16.1 Å². The second-order valence-corrected chi connectivity index (χ2v) is 18.2. The molecule has 1 aliphatic rings. The molecule has 1 rings (SSSR count). The minimum atomic E-state index is -1.36. The first-order chi connectivity index (χ1) is 9.38. The molecule has 1 aliphatic carbocycles. The van der Waals surface area contributed by atoms with Gasteiger partial charge in [-0.1, -0.05) is 77.1 Å². The van der Waals surface area contributed by atoms with E-state index in [-0.39, 0.29) is 0 Å². The molecule has 2 heteroatoms. The lowest BCUT2D eigenvalue weighted by atomic mass is 9.80. The molecule has 0 spiro atoms. The molecule has 0 radical (unpaired) electrons. The molecule has 0 bridgehead atoms. The Hall–Kier alpha value is -0.966. The van der Waals surface area contributed by atoms with Crippen LogP contribution < -0.4 is 0 Å². The van der Waals surface area contributed by atoms with Crippen molar-refractivity contribution in [1.29, 1.82) is 0 Å². The van der Waals surface area contributed by atoms with E-state index in [2.05, 4.69) is 88.2 Å². The van der Waals surface area contributed by atoms with Crippen LogP contribution in [0.5, 0.6) is 0 Å². The van der Waals surface area contributed by atoms with E-state index in [1.165, 1.54) is 12.0 Å². The van der Waals surface area contributed by atoms with Crippen LogP contribution in [-0.4, -0.2) is 16.1 Å². The van der Waals surface area contributed by atoms with Gasteiger partial charge in [0.05, 0.1) is 5.57 Å². The van der Waals surface area contributed by atoms with Crippen LogP contribution in [0.2, 0.25) is 39.3 Å². The Morgan fingerprint density at radius 1 is 0.952 bits per heavy atom. The summed E-state index contributed by atoms with van der Waals surface area (Å²) in [5, 5.41) is 0. The minimum Gasteiger partial charge on any atom is -0.126 e. The molecular weight excluding hydrogens is 284 g/mol. The van der Waals surface area contributed by atoms with Gasteiger partial charge in [0.15, 0.2) is 0 Å². The van der Waals surface area contributed by atoms with Crippen LogP contribution in [-0.2, 0) is 0 Å². The van der Waals surface area contributed by atoms with Crippen LogP contribution in [0.3, 0.4) is 0 Å². The Labute approximate surface area is 134 Å². The summed E-state index contributed by atoms with van der Waals surface area (Å²) in [6.45, 7) is 18.3. The van der Waals surface area contributed by atoms with E-state index in [9.17, 15) is 0 Å². The molecule has 0 amide bonds. The molecule has 0 fully saturated rings. The first kappa shape index (κ1) is 18.1. The molecule has 0 aromatic carbocycles. The molecule has 0 aromatic rings. The normalized spacial score (nSPS) is 17.4. The zero-order chi connectivity index (χ0) is 16.3. The number of hydrogen-bond acceptors (Lipinski definition) is 0. The van der Waals surface area contributed by atoms with Gasteiger partial charge in [-0.25, -0.2) is 0 Å². The highest BCUT2D eigenvalue weighted by Crippen LogP contribution is 2.33. The van der Waals surface area contributed by atoms with Gasteiger partial charge in [-0.3, -0.25) is 0 Å². The molecule has 0 saturated heterocycles. The van der Waals surface area contributed by atoms with E-state index in [0.29, 0.717) is 5.41 Å². The maximum absolute atomic E-state index is 3.49. The molecule has 21 heavy (non-hydrogen) atoms. The van der Waals surface area contributed by atoms with E-state index in [4.69, 9.17) is 0 Å². The Kier molecular flexibility index (Phi) is 5.53. The Bertz CT molecular complexity index is 534. The third kappa shape index (κ3) is 7.56. The third-order valence-corrected chi connectivity index (χ3v) is 4.97. The highest BCUT2D eigenvalue weighted by atomic mass is 28.3. The van der Waals surface area contributed by atoms with Gasteiger partial charge in [-0.05, 0) is 23.8 Å². The van der Waals surface area contributed by atoms with E-state index in [1.54, 1.807) is 0 Å². The van der Waals surface area contributed by atoms with Crippen molar-refractivity contribution in [3.63, 3.8) is 0 Å². The van der Waals surface area contributed by atoms with E-state index in [1.807, 2.05) is 0 Å². The van der Waals surface area contributed by atoms with Crippen molar-refractivity contribution in [2.75, 3.05) is 0 Å². The maximum Gasteiger partial charge on any atom is 0.129 e. The van der Waals surface area contributed by atoms with E-state index >= 15 is 0 Å². The zero-order valence-corrected chi connectivity index (χ0v) is 17.1. The van der Waals surface area contributed by atoms with Gasteiger partial charge >= 0.3 is 0 Å². The summed E-state index contributed by atoms with van der Waals surface area (Å²) in [5.74, 6) is 6.84. The molecule has 0 atom stereocenters. The van der Waals surface area contributed by atoms with Gasteiger partial charge in [0, 0.05) is 0 Å². The Morgan fingerprint density at radius 2 is 1.43 bits per heavy atom. The molecule has 0 aromatic heterocycles. The van der Waals surface area contributed by atoms with Crippen LogP contribution in [0, 0.1) is 28.3 Å². The summed E-state index contributed by atoms with van der Waals surface area (Å²) in [6.07, 6.45) is 6.86. The summed E-state index contributed by atoms with van der Waals surface area (Å²) in [4.78, 5) is 0. The molecule has 0 saturated carbocycles. The molecule has 0 nitrogen and oxygen atoms in total. The largest absolute Gasteiger partial charge is 0.129 e. The molecule has 0 aliphatic heterocycles. The fraction of sp³-hybridized carbons (Fsp3) is 0.579. The van der Waals surface area contributed by atoms with Crippen LogP contribution in [0.4, 0.5) is 0 Å². The lowest BCUT2D eigenvalue weighted by molar-refractivity contribution is 0.427. The Morgan fingerprint density at radius 3 is 1.76 bits per heavy atom. The van der Waals surface area contributed by atoms with Crippen molar-refractivity contribution < 1.29 is 0 Å². The van der Waals surface area contributed by atoms with Gasteiger partial charge in [0.1, 0.15) is 16.1 Å². The minimum absolute atomic E-state index is 0.313. The number of allylic oxidation sites excluding steroid dienone is 4. The molecule has 114 valence electrons. The Balaban J connectivity index is 3.25. The molecular formula is C19H30Si2. The van der Waals surface area contributed by atoms with Crippen molar-refractivity contribution in [2.45, 2.75) is 66.0 Å². The molecule has 0 heterocycles. The summed E-state index contributed by atoms with van der Waals surface area (Å²) in [6, 6.07) is 0. The van der Waals surface area contributed by atoms with Gasteiger partial charge in [0.25, 0.3) is 0 Å². The monoisotopic (exact) mass is 314 g/mol. The van der Waals surface area contributed by atoms with Gasteiger partial charge in [-0.15, -0.1) is 11.1 Å². The molecule has 0 N–H and O–H groups in total. The number of rotatable bonds is 0. The van der Waals surface area contributed by atoms with E-state index < -0.39 is 16.1 Å².